The number of ether oxygens (including phenoxy) is 2. The Morgan fingerprint density at radius 3 is 1.72 bits per heavy atom. The first kappa shape index (κ1) is 61.4. The maximum Gasteiger partial charge on any atom is 0.472 e. The van der Waals surface area contributed by atoms with Gasteiger partial charge in [-0.25, -0.2) is 9.13 Å². The van der Waals surface area contributed by atoms with Gasteiger partial charge in [0, 0.05) is 12.8 Å². The average molecular weight is 951 g/mol. The SMILES string of the molecule is CCCCC/C=C\C/C=C\CCCCCCCCCC(=O)OC[C@H](COP(=O)(O)OC[C@@H](O)COP(=O)(O)O)OC(=O)CCC[C@H](O)[C@@H](O)/C=C/C=C/C=C\C=C\[C@@H](O)CCCCC. The highest BCUT2D eigenvalue weighted by Gasteiger charge is 2.28. The molecule has 0 aliphatic carbocycles. The molecule has 1 unspecified atom stereocenters. The van der Waals surface area contributed by atoms with Crippen molar-refractivity contribution >= 4 is 27.6 Å². The zero-order valence-corrected chi connectivity index (χ0v) is 40.0. The first-order valence-corrected chi connectivity index (χ1v) is 26.0. The summed E-state index contributed by atoms with van der Waals surface area (Å²) < 4.78 is 47.6. The number of carbonyl (C=O) groups is 2. The van der Waals surface area contributed by atoms with E-state index in [1.807, 2.05) is 0 Å². The Kier molecular flexibility index (Phi) is 39.1. The van der Waals surface area contributed by atoms with E-state index in [0.29, 0.717) is 12.8 Å². The molecule has 0 aliphatic rings. The quantitative estimate of drug-likeness (QED) is 0.00993. The molecule has 0 aromatic heterocycles. The fraction of sp³-hybridized carbons (Fsp3) is 0.696. The summed E-state index contributed by atoms with van der Waals surface area (Å²) in [6.07, 6.45) is 33.9. The molecule has 0 fully saturated rings. The minimum atomic E-state index is -4.91. The number of phosphoric acid groups is 2. The predicted molar refractivity (Wildman–Crippen MR) is 248 cm³/mol. The van der Waals surface area contributed by atoms with Crippen LogP contribution in [0.15, 0.2) is 72.9 Å². The Balaban J connectivity index is 4.83. The Hall–Kier alpha value is -2.56. The van der Waals surface area contributed by atoms with Crippen molar-refractivity contribution in [1.82, 2.24) is 0 Å². The Morgan fingerprint density at radius 1 is 0.547 bits per heavy atom. The molecule has 0 aromatic carbocycles. The number of allylic oxidation sites excluding steroid dienone is 10. The smallest absolute Gasteiger partial charge is 0.462 e. The molecule has 0 saturated carbocycles. The molecule has 18 heteroatoms. The minimum absolute atomic E-state index is 0.0220. The number of aliphatic hydroxyl groups is 4. The summed E-state index contributed by atoms with van der Waals surface area (Å²) in [5, 5.41) is 40.3. The van der Waals surface area contributed by atoms with Crippen LogP contribution < -0.4 is 0 Å². The molecule has 16 nitrogen and oxygen atoms in total. The molecule has 0 spiro atoms. The third-order valence-electron chi connectivity index (χ3n) is 9.42. The van der Waals surface area contributed by atoms with Crippen molar-refractivity contribution in [2.45, 2.75) is 179 Å². The molecule has 0 bridgehead atoms. The number of esters is 2. The average Bonchev–Trinajstić information content (AvgIpc) is 3.24. The number of hydrogen-bond donors (Lipinski definition) is 7. The third-order valence-corrected chi connectivity index (χ3v) is 10.9. The third kappa shape index (κ3) is 42.1. The molecule has 0 saturated heterocycles. The van der Waals surface area contributed by atoms with E-state index in [1.54, 1.807) is 42.5 Å². The fourth-order valence-corrected chi connectivity index (χ4v) is 6.92. The predicted octanol–water partition coefficient (Wildman–Crippen LogP) is 8.70. The van der Waals surface area contributed by atoms with Crippen LogP contribution in [-0.4, -0.2) is 104 Å². The summed E-state index contributed by atoms with van der Waals surface area (Å²) >= 11 is 0. The van der Waals surface area contributed by atoms with Crippen LogP contribution in [0, 0.1) is 0 Å². The lowest BCUT2D eigenvalue weighted by Crippen LogP contribution is -2.30. The first-order chi connectivity index (χ1) is 30.6. The van der Waals surface area contributed by atoms with Crippen LogP contribution in [0.4, 0.5) is 0 Å². The molecule has 0 aromatic rings. The second-order valence-corrected chi connectivity index (χ2v) is 18.2. The highest BCUT2D eigenvalue weighted by molar-refractivity contribution is 7.47. The maximum absolute atomic E-state index is 12.7. The van der Waals surface area contributed by atoms with Crippen molar-refractivity contribution in [2.24, 2.45) is 0 Å². The number of carbonyl (C=O) groups excluding carboxylic acids is 2. The van der Waals surface area contributed by atoms with Gasteiger partial charge in [-0.3, -0.25) is 23.2 Å². The highest BCUT2D eigenvalue weighted by Crippen LogP contribution is 2.43. The van der Waals surface area contributed by atoms with Gasteiger partial charge in [0.05, 0.1) is 38.1 Å². The molecule has 0 rings (SSSR count). The molecule has 0 heterocycles. The molecule has 0 aliphatic heterocycles. The van der Waals surface area contributed by atoms with Gasteiger partial charge in [-0.15, -0.1) is 0 Å². The summed E-state index contributed by atoms with van der Waals surface area (Å²) in [6.45, 7) is 1.22. The van der Waals surface area contributed by atoms with Crippen LogP contribution in [0.1, 0.15) is 149 Å². The van der Waals surface area contributed by atoms with E-state index in [2.05, 4.69) is 47.2 Å². The van der Waals surface area contributed by atoms with E-state index in [1.165, 1.54) is 25.3 Å². The van der Waals surface area contributed by atoms with Crippen molar-refractivity contribution in [3.8, 4) is 0 Å². The maximum atomic E-state index is 12.7. The monoisotopic (exact) mass is 950 g/mol. The number of unbranched alkanes of at least 4 members (excludes halogenated alkanes) is 12. The Labute approximate surface area is 382 Å². The summed E-state index contributed by atoms with van der Waals surface area (Å²) in [7, 11) is -9.82. The molecule has 0 amide bonds. The van der Waals surface area contributed by atoms with Gasteiger partial charge in [0.2, 0.25) is 0 Å². The lowest BCUT2D eigenvalue weighted by atomic mass is 10.1. The fourth-order valence-electron chi connectivity index (χ4n) is 5.76. The summed E-state index contributed by atoms with van der Waals surface area (Å²) in [4.78, 5) is 52.8. The number of rotatable bonds is 42. The van der Waals surface area contributed by atoms with Crippen LogP contribution in [0.5, 0.6) is 0 Å². The van der Waals surface area contributed by atoms with Gasteiger partial charge < -0.3 is 44.6 Å². The lowest BCUT2D eigenvalue weighted by Gasteiger charge is -2.21. The number of hydrogen-bond acceptors (Lipinski definition) is 13. The van der Waals surface area contributed by atoms with Gasteiger partial charge >= 0.3 is 27.6 Å². The zero-order valence-electron chi connectivity index (χ0n) is 38.2. The largest absolute Gasteiger partial charge is 0.472 e. The normalized spacial score (nSPS) is 16.1. The molecule has 7 N–H and O–H groups in total. The van der Waals surface area contributed by atoms with Crippen LogP contribution in [-0.2, 0) is 41.8 Å². The van der Waals surface area contributed by atoms with Gasteiger partial charge in [0.15, 0.2) is 6.10 Å². The Bertz CT molecular complexity index is 1460. The molecule has 64 heavy (non-hydrogen) atoms. The molecule has 370 valence electrons. The van der Waals surface area contributed by atoms with Crippen LogP contribution >= 0.6 is 15.6 Å². The Morgan fingerprint density at radius 2 is 1.08 bits per heavy atom. The standard InChI is InChI=1S/C46H80O16P2/c1-3-5-7-8-9-10-11-12-13-14-15-16-17-18-19-24-28-34-45(51)58-38-42(39-61-64(56,57)60-37-41(48)36-59-63(53,54)55)62-46(52)35-29-33-44(50)43(49)32-27-23-21-20-22-26-31-40(47)30-25-6-4-2/h9-10,12-13,20-23,26-27,31-32,40-44,47-50H,3-8,11,14-19,24-25,28-30,33-39H2,1-2H3,(H,56,57)(H2,53,54,55)/b10-9-,13-12-,22-20-,23-21+,31-26+,32-27+/t40-,41-,42+,43-,44-/m0/s1. The molecule has 0 radical (unpaired) electrons. The van der Waals surface area contributed by atoms with Gasteiger partial charge in [-0.05, 0) is 57.8 Å². The number of aliphatic hydroxyl groups excluding tert-OH is 4. The van der Waals surface area contributed by atoms with Crippen molar-refractivity contribution < 1.29 is 76.9 Å². The van der Waals surface area contributed by atoms with Crippen molar-refractivity contribution in [3.63, 3.8) is 0 Å². The van der Waals surface area contributed by atoms with E-state index in [0.717, 1.165) is 77.0 Å². The second kappa shape index (κ2) is 40.7. The first-order valence-electron chi connectivity index (χ1n) is 23.0. The summed E-state index contributed by atoms with van der Waals surface area (Å²) in [5.41, 5.74) is 0. The van der Waals surface area contributed by atoms with E-state index >= 15 is 0 Å². The van der Waals surface area contributed by atoms with Crippen LogP contribution in [0.3, 0.4) is 0 Å². The minimum Gasteiger partial charge on any atom is -0.462 e. The topological polar surface area (TPSA) is 256 Å². The van der Waals surface area contributed by atoms with Crippen LogP contribution in [0.25, 0.3) is 0 Å². The van der Waals surface area contributed by atoms with Gasteiger partial charge in [-0.1, -0.05) is 151 Å². The van der Waals surface area contributed by atoms with Gasteiger partial charge in [-0.2, -0.15) is 0 Å². The van der Waals surface area contributed by atoms with Crippen molar-refractivity contribution in [2.75, 3.05) is 26.4 Å². The number of phosphoric ester groups is 2. The van der Waals surface area contributed by atoms with E-state index in [4.69, 9.17) is 23.8 Å². The molecular weight excluding hydrogens is 870 g/mol. The molecule has 6 atom stereocenters. The van der Waals surface area contributed by atoms with Crippen LogP contribution in [0.2, 0.25) is 0 Å². The zero-order chi connectivity index (χ0) is 47.7. The second-order valence-electron chi connectivity index (χ2n) is 15.5. The summed E-state index contributed by atoms with van der Waals surface area (Å²) in [6, 6.07) is 0. The molecular formula is C46H80O16P2. The van der Waals surface area contributed by atoms with Crippen molar-refractivity contribution in [1.29, 1.82) is 0 Å². The van der Waals surface area contributed by atoms with E-state index in [9.17, 15) is 44.0 Å². The summed E-state index contributed by atoms with van der Waals surface area (Å²) in [5.74, 6) is -1.37. The van der Waals surface area contributed by atoms with Gasteiger partial charge in [0.1, 0.15) is 12.7 Å². The van der Waals surface area contributed by atoms with Gasteiger partial charge in [0.25, 0.3) is 0 Å². The van der Waals surface area contributed by atoms with E-state index in [-0.39, 0.29) is 25.7 Å². The lowest BCUT2D eigenvalue weighted by molar-refractivity contribution is -0.161. The van der Waals surface area contributed by atoms with Crippen molar-refractivity contribution in [3.05, 3.63) is 72.9 Å². The highest BCUT2D eigenvalue weighted by atomic mass is 31.2. The van der Waals surface area contributed by atoms with E-state index < -0.39 is 84.5 Å².